The molecule has 2 rings (SSSR count). The Morgan fingerprint density at radius 1 is 1.32 bits per heavy atom. The standard InChI is InChI=1S/C14H20BrNO2S/c1-11(10-19(2,17)18)16(14-7-8-14)9-12-3-5-13(15)6-4-12/h3-6,11,14H,7-10H2,1-2H3/t11-/m0/s1. The molecule has 1 aromatic carbocycles. The lowest BCUT2D eigenvalue weighted by molar-refractivity contribution is 0.204. The van der Waals surface area contributed by atoms with E-state index in [0.29, 0.717) is 6.04 Å². The van der Waals surface area contributed by atoms with Gasteiger partial charge in [-0.2, -0.15) is 0 Å². The highest BCUT2D eigenvalue weighted by Gasteiger charge is 2.33. The van der Waals surface area contributed by atoms with E-state index in [1.807, 2.05) is 19.1 Å². The first-order chi connectivity index (χ1) is 8.85. The molecule has 0 bridgehead atoms. The topological polar surface area (TPSA) is 37.4 Å². The molecule has 106 valence electrons. The van der Waals surface area contributed by atoms with Gasteiger partial charge in [0.05, 0.1) is 5.75 Å². The van der Waals surface area contributed by atoms with E-state index >= 15 is 0 Å². The van der Waals surface area contributed by atoms with Crippen LogP contribution in [0.2, 0.25) is 0 Å². The van der Waals surface area contributed by atoms with E-state index in [9.17, 15) is 8.42 Å². The highest BCUT2D eigenvalue weighted by molar-refractivity contribution is 9.10. The van der Waals surface area contributed by atoms with E-state index in [4.69, 9.17) is 0 Å². The fourth-order valence-corrected chi connectivity index (χ4v) is 3.72. The average molecular weight is 346 g/mol. The number of hydrogen-bond acceptors (Lipinski definition) is 3. The number of sulfone groups is 1. The number of hydrogen-bond donors (Lipinski definition) is 0. The third kappa shape index (κ3) is 4.89. The largest absolute Gasteiger partial charge is 0.292 e. The van der Waals surface area contributed by atoms with Crippen molar-refractivity contribution in [3.63, 3.8) is 0 Å². The maximum atomic E-state index is 11.5. The van der Waals surface area contributed by atoms with Gasteiger partial charge < -0.3 is 0 Å². The van der Waals surface area contributed by atoms with Crippen LogP contribution in [-0.2, 0) is 16.4 Å². The van der Waals surface area contributed by atoms with Crippen LogP contribution in [0, 0.1) is 0 Å². The van der Waals surface area contributed by atoms with Crippen LogP contribution < -0.4 is 0 Å². The summed E-state index contributed by atoms with van der Waals surface area (Å²) in [6, 6.07) is 8.87. The van der Waals surface area contributed by atoms with Gasteiger partial charge in [-0.1, -0.05) is 28.1 Å². The third-order valence-electron chi connectivity index (χ3n) is 3.40. The highest BCUT2D eigenvalue weighted by atomic mass is 79.9. The summed E-state index contributed by atoms with van der Waals surface area (Å²) in [6.07, 6.45) is 3.68. The Hall–Kier alpha value is -0.390. The summed E-state index contributed by atoms with van der Waals surface area (Å²) in [5.74, 6) is 0.236. The molecule has 1 saturated carbocycles. The van der Waals surface area contributed by atoms with Crippen LogP contribution in [0.4, 0.5) is 0 Å². The van der Waals surface area contributed by atoms with Gasteiger partial charge in [-0.25, -0.2) is 8.42 Å². The van der Waals surface area contributed by atoms with Crippen LogP contribution in [0.15, 0.2) is 28.7 Å². The number of benzene rings is 1. The van der Waals surface area contributed by atoms with Gasteiger partial charge in [0, 0.05) is 29.4 Å². The molecule has 0 unspecified atom stereocenters. The molecule has 3 nitrogen and oxygen atoms in total. The monoisotopic (exact) mass is 345 g/mol. The van der Waals surface area contributed by atoms with Gasteiger partial charge in [-0.05, 0) is 37.5 Å². The predicted molar refractivity (Wildman–Crippen MR) is 81.9 cm³/mol. The Morgan fingerprint density at radius 2 is 1.89 bits per heavy atom. The fraction of sp³-hybridized carbons (Fsp3) is 0.571. The SMILES string of the molecule is C[C@@H](CS(C)(=O)=O)N(Cc1ccc(Br)cc1)C1CC1. The molecule has 1 atom stereocenters. The summed E-state index contributed by atoms with van der Waals surface area (Å²) in [5, 5.41) is 0. The van der Waals surface area contributed by atoms with Crippen LogP contribution in [0.25, 0.3) is 0 Å². The van der Waals surface area contributed by atoms with Crippen molar-refractivity contribution >= 4 is 25.8 Å². The lowest BCUT2D eigenvalue weighted by atomic mass is 10.2. The van der Waals surface area contributed by atoms with Crippen molar-refractivity contribution in [1.29, 1.82) is 0 Å². The number of nitrogens with zero attached hydrogens (tertiary/aromatic N) is 1. The van der Waals surface area contributed by atoms with Gasteiger partial charge in [-0.3, -0.25) is 4.90 Å². The van der Waals surface area contributed by atoms with Gasteiger partial charge in [0.25, 0.3) is 0 Å². The Labute approximate surface area is 124 Å². The van der Waals surface area contributed by atoms with Gasteiger partial charge in [0.15, 0.2) is 0 Å². The van der Waals surface area contributed by atoms with E-state index in [0.717, 1.165) is 11.0 Å². The molecule has 1 aliphatic carbocycles. The third-order valence-corrected chi connectivity index (χ3v) is 5.02. The van der Waals surface area contributed by atoms with E-state index < -0.39 is 9.84 Å². The zero-order valence-corrected chi connectivity index (χ0v) is 13.7. The van der Waals surface area contributed by atoms with E-state index in [1.165, 1.54) is 24.7 Å². The van der Waals surface area contributed by atoms with Crippen LogP contribution in [0.1, 0.15) is 25.3 Å². The summed E-state index contributed by atoms with van der Waals surface area (Å²) in [5.41, 5.74) is 1.23. The first-order valence-electron chi connectivity index (χ1n) is 6.53. The van der Waals surface area contributed by atoms with E-state index in [1.54, 1.807) is 0 Å². The fourth-order valence-electron chi connectivity index (χ4n) is 2.39. The summed E-state index contributed by atoms with van der Waals surface area (Å²) >= 11 is 3.43. The first kappa shape index (κ1) is 15.0. The molecular formula is C14H20BrNO2S. The molecule has 5 heteroatoms. The average Bonchev–Trinajstić information content (AvgIpc) is 3.09. The summed E-state index contributed by atoms with van der Waals surface area (Å²) in [6.45, 7) is 2.84. The van der Waals surface area contributed by atoms with Crippen molar-refractivity contribution in [1.82, 2.24) is 4.90 Å². The molecule has 1 fully saturated rings. The minimum atomic E-state index is -2.92. The van der Waals surface area contributed by atoms with Gasteiger partial charge in [0.2, 0.25) is 0 Å². The second-order valence-corrected chi connectivity index (χ2v) is 8.57. The van der Waals surface area contributed by atoms with Gasteiger partial charge in [0.1, 0.15) is 9.84 Å². The normalized spacial score (nSPS) is 17.7. The Kier molecular flexibility index (Phi) is 4.69. The molecule has 0 saturated heterocycles. The molecule has 0 radical (unpaired) electrons. The highest BCUT2D eigenvalue weighted by Crippen LogP contribution is 2.30. The predicted octanol–water partition coefficient (Wildman–Crippen LogP) is 2.85. The molecule has 0 aliphatic heterocycles. The molecule has 0 aromatic heterocycles. The van der Waals surface area contributed by atoms with Crippen molar-refractivity contribution in [3.8, 4) is 0 Å². The Morgan fingerprint density at radius 3 is 2.37 bits per heavy atom. The second-order valence-electron chi connectivity index (χ2n) is 5.47. The molecule has 0 heterocycles. The van der Waals surface area contributed by atoms with Gasteiger partial charge in [-0.15, -0.1) is 0 Å². The van der Waals surface area contributed by atoms with Crippen molar-refractivity contribution in [3.05, 3.63) is 34.3 Å². The Bertz CT molecular complexity index is 523. The van der Waals surface area contributed by atoms with Crippen molar-refractivity contribution in [2.45, 2.75) is 38.4 Å². The summed E-state index contributed by atoms with van der Waals surface area (Å²) in [7, 11) is -2.92. The molecule has 0 amide bonds. The first-order valence-corrected chi connectivity index (χ1v) is 9.38. The maximum absolute atomic E-state index is 11.5. The van der Waals surface area contributed by atoms with Crippen LogP contribution in [0.3, 0.4) is 0 Å². The lowest BCUT2D eigenvalue weighted by Gasteiger charge is -2.28. The number of rotatable bonds is 6. The summed E-state index contributed by atoms with van der Waals surface area (Å²) in [4.78, 5) is 2.32. The minimum Gasteiger partial charge on any atom is -0.292 e. The van der Waals surface area contributed by atoms with E-state index in [2.05, 4.69) is 33.0 Å². The van der Waals surface area contributed by atoms with E-state index in [-0.39, 0.29) is 11.8 Å². The molecule has 0 spiro atoms. The number of halogens is 1. The molecular weight excluding hydrogens is 326 g/mol. The molecule has 19 heavy (non-hydrogen) atoms. The van der Waals surface area contributed by atoms with Gasteiger partial charge >= 0.3 is 0 Å². The smallest absolute Gasteiger partial charge is 0.148 e. The zero-order chi connectivity index (χ0) is 14.0. The van der Waals surface area contributed by atoms with Crippen molar-refractivity contribution in [2.24, 2.45) is 0 Å². The summed E-state index contributed by atoms with van der Waals surface area (Å²) < 4.78 is 24.0. The molecule has 1 aromatic rings. The van der Waals surface area contributed by atoms with Crippen molar-refractivity contribution in [2.75, 3.05) is 12.0 Å². The van der Waals surface area contributed by atoms with Crippen LogP contribution in [-0.4, -0.2) is 37.4 Å². The molecule has 0 N–H and O–H groups in total. The maximum Gasteiger partial charge on any atom is 0.148 e. The van der Waals surface area contributed by atoms with Crippen LogP contribution >= 0.6 is 15.9 Å². The quantitative estimate of drug-likeness (QED) is 0.795. The van der Waals surface area contributed by atoms with Crippen LogP contribution in [0.5, 0.6) is 0 Å². The lowest BCUT2D eigenvalue weighted by Crippen LogP contribution is -2.39. The van der Waals surface area contributed by atoms with Crippen molar-refractivity contribution < 1.29 is 8.42 Å². The zero-order valence-electron chi connectivity index (χ0n) is 11.3. The Balaban J connectivity index is 2.06. The second kappa shape index (κ2) is 5.94. The molecule has 1 aliphatic rings. The minimum absolute atomic E-state index is 0.0751.